The summed E-state index contributed by atoms with van der Waals surface area (Å²) in [5.74, 6) is 2.19. The highest BCUT2D eigenvalue weighted by molar-refractivity contribution is 5.80. The Balaban J connectivity index is 1.90. The number of carbonyl (C=O) groups is 1. The molecule has 1 aromatic rings. The van der Waals surface area contributed by atoms with Gasteiger partial charge in [0, 0.05) is 62.5 Å². The fourth-order valence-corrected chi connectivity index (χ4v) is 3.25. The molecule has 0 saturated carbocycles. The number of hydrogen-bond donors (Lipinski definition) is 2. The molecule has 0 amide bonds. The van der Waals surface area contributed by atoms with E-state index >= 15 is 0 Å². The fourth-order valence-electron chi connectivity index (χ4n) is 3.25. The molecule has 0 aliphatic carbocycles. The van der Waals surface area contributed by atoms with Crippen LogP contribution in [0.25, 0.3) is 0 Å². The molecule has 1 saturated heterocycles. The number of nitrogens with one attached hydrogen (secondary N) is 2. The van der Waals surface area contributed by atoms with E-state index in [-0.39, 0.29) is 12.0 Å². The molecule has 1 aliphatic rings. The summed E-state index contributed by atoms with van der Waals surface area (Å²) in [7, 11) is 3.32. The van der Waals surface area contributed by atoms with Crippen LogP contribution in [0.5, 0.6) is 11.5 Å². The van der Waals surface area contributed by atoms with E-state index in [0.29, 0.717) is 26.0 Å². The standard InChI is InChI=1S/C21H34N4O4/c1-5-22-21(23-10-7-8-20(26)29-6-2)24-16-9-11-25(15-16)17-12-18(27-3)14-19(13-17)28-4/h12-14,16H,5-11,15H2,1-4H3,(H2,22,23,24). The monoisotopic (exact) mass is 406 g/mol. The average molecular weight is 407 g/mol. The molecule has 1 fully saturated rings. The molecule has 1 aliphatic heterocycles. The first-order valence-corrected chi connectivity index (χ1v) is 10.3. The second-order valence-corrected chi connectivity index (χ2v) is 6.82. The molecule has 8 nitrogen and oxygen atoms in total. The van der Waals surface area contributed by atoms with Gasteiger partial charge in [-0.25, -0.2) is 0 Å². The van der Waals surface area contributed by atoms with Gasteiger partial charge in [0.05, 0.1) is 20.8 Å². The van der Waals surface area contributed by atoms with Crippen molar-refractivity contribution >= 4 is 17.6 Å². The molecule has 0 spiro atoms. The van der Waals surface area contributed by atoms with E-state index in [1.54, 1.807) is 14.2 Å². The predicted octanol–water partition coefficient (Wildman–Crippen LogP) is 2.18. The van der Waals surface area contributed by atoms with Crippen molar-refractivity contribution in [3.8, 4) is 11.5 Å². The molecule has 29 heavy (non-hydrogen) atoms. The van der Waals surface area contributed by atoms with Crippen molar-refractivity contribution in [1.82, 2.24) is 10.6 Å². The third-order valence-corrected chi connectivity index (χ3v) is 4.69. The third kappa shape index (κ3) is 7.36. The zero-order chi connectivity index (χ0) is 21.1. The number of ether oxygens (including phenoxy) is 3. The van der Waals surface area contributed by atoms with E-state index in [2.05, 4.69) is 20.5 Å². The lowest BCUT2D eigenvalue weighted by Gasteiger charge is -2.21. The molecule has 1 atom stereocenters. The maximum Gasteiger partial charge on any atom is 0.305 e. The van der Waals surface area contributed by atoms with E-state index in [1.807, 2.05) is 32.0 Å². The van der Waals surface area contributed by atoms with Crippen LogP contribution in [-0.4, -0.2) is 65.0 Å². The van der Waals surface area contributed by atoms with Crippen molar-refractivity contribution in [2.75, 3.05) is 51.9 Å². The van der Waals surface area contributed by atoms with E-state index in [4.69, 9.17) is 14.2 Å². The summed E-state index contributed by atoms with van der Waals surface area (Å²) in [6.45, 7) is 7.45. The lowest BCUT2D eigenvalue weighted by Crippen LogP contribution is -2.44. The van der Waals surface area contributed by atoms with Crippen LogP contribution >= 0.6 is 0 Å². The van der Waals surface area contributed by atoms with Gasteiger partial charge < -0.3 is 29.7 Å². The zero-order valence-electron chi connectivity index (χ0n) is 18.0. The van der Waals surface area contributed by atoms with Crippen molar-refractivity contribution in [3.05, 3.63) is 18.2 Å². The van der Waals surface area contributed by atoms with Gasteiger partial charge in [-0.05, 0) is 26.7 Å². The first-order chi connectivity index (χ1) is 14.1. The minimum atomic E-state index is -0.166. The maximum absolute atomic E-state index is 11.4. The van der Waals surface area contributed by atoms with Crippen LogP contribution in [-0.2, 0) is 9.53 Å². The lowest BCUT2D eigenvalue weighted by molar-refractivity contribution is -0.143. The van der Waals surface area contributed by atoms with E-state index in [9.17, 15) is 4.79 Å². The Morgan fingerprint density at radius 1 is 1.21 bits per heavy atom. The predicted molar refractivity (Wildman–Crippen MR) is 115 cm³/mol. The summed E-state index contributed by atoms with van der Waals surface area (Å²) in [4.78, 5) is 18.3. The highest BCUT2D eigenvalue weighted by Crippen LogP contribution is 2.30. The Bertz CT molecular complexity index is 658. The normalized spacial score (nSPS) is 16.5. The lowest BCUT2D eigenvalue weighted by atomic mass is 10.2. The molecule has 162 valence electrons. The molecule has 0 aromatic heterocycles. The Hall–Kier alpha value is -2.64. The summed E-state index contributed by atoms with van der Waals surface area (Å²) < 4.78 is 15.7. The van der Waals surface area contributed by atoms with Gasteiger partial charge in [-0.1, -0.05) is 0 Å². The van der Waals surface area contributed by atoms with Gasteiger partial charge in [0.2, 0.25) is 0 Å². The summed E-state index contributed by atoms with van der Waals surface area (Å²) in [6, 6.07) is 6.22. The zero-order valence-corrected chi connectivity index (χ0v) is 18.0. The largest absolute Gasteiger partial charge is 0.497 e. The number of guanidine groups is 1. The van der Waals surface area contributed by atoms with Crippen molar-refractivity contribution in [3.63, 3.8) is 0 Å². The molecular formula is C21H34N4O4. The quantitative estimate of drug-likeness (QED) is 0.267. The Morgan fingerprint density at radius 2 is 1.93 bits per heavy atom. The first kappa shape index (κ1) is 22.6. The Labute approximate surface area is 173 Å². The van der Waals surface area contributed by atoms with E-state index in [1.165, 1.54) is 0 Å². The van der Waals surface area contributed by atoms with Crippen molar-refractivity contribution in [2.45, 2.75) is 39.2 Å². The van der Waals surface area contributed by atoms with Gasteiger partial charge in [-0.15, -0.1) is 0 Å². The highest BCUT2D eigenvalue weighted by atomic mass is 16.5. The number of anilines is 1. The molecule has 2 rings (SSSR count). The van der Waals surface area contributed by atoms with Crippen LogP contribution in [0.2, 0.25) is 0 Å². The van der Waals surface area contributed by atoms with E-state index in [0.717, 1.165) is 49.2 Å². The molecule has 1 aromatic carbocycles. The first-order valence-electron chi connectivity index (χ1n) is 10.3. The summed E-state index contributed by atoms with van der Waals surface area (Å²) in [5, 5.41) is 6.78. The smallest absolute Gasteiger partial charge is 0.305 e. The number of benzene rings is 1. The molecule has 1 unspecified atom stereocenters. The number of aliphatic imine (C=N–C) groups is 1. The Morgan fingerprint density at radius 3 is 2.55 bits per heavy atom. The Kier molecular flexibility index (Phi) is 9.40. The molecular weight excluding hydrogens is 372 g/mol. The molecule has 0 radical (unpaired) electrons. The molecule has 0 bridgehead atoms. The van der Waals surface area contributed by atoms with Gasteiger partial charge in [-0.2, -0.15) is 0 Å². The number of esters is 1. The van der Waals surface area contributed by atoms with Crippen LogP contribution in [0.3, 0.4) is 0 Å². The molecule has 1 heterocycles. The number of hydrogen-bond acceptors (Lipinski definition) is 6. The summed E-state index contributed by atoms with van der Waals surface area (Å²) >= 11 is 0. The second kappa shape index (κ2) is 12.0. The molecule has 8 heteroatoms. The third-order valence-electron chi connectivity index (χ3n) is 4.69. The SMILES string of the molecule is CCNC(=NCCCC(=O)OCC)NC1CCN(c2cc(OC)cc(OC)c2)C1. The van der Waals surface area contributed by atoms with Gasteiger partial charge in [0.25, 0.3) is 0 Å². The van der Waals surface area contributed by atoms with Crippen molar-refractivity contribution < 1.29 is 19.0 Å². The van der Waals surface area contributed by atoms with Crippen LogP contribution in [0.15, 0.2) is 23.2 Å². The molecule has 2 N–H and O–H groups in total. The number of methoxy groups -OCH3 is 2. The van der Waals surface area contributed by atoms with Gasteiger partial charge in [-0.3, -0.25) is 9.79 Å². The van der Waals surface area contributed by atoms with Gasteiger partial charge in [0.1, 0.15) is 11.5 Å². The van der Waals surface area contributed by atoms with Gasteiger partial charge >= 0.3 is 5.97 Å². The van der Waals surface area contributed by atoms with Crippen molar-refractivity contribution in [1.29, 1.82) is 0 Å². The summed E-state index contributed by atoms with van der Waals surface area (Å²) in [6.07, 6.45) is 2.08. The fraction of sp³-hybridized carbons (Fsp3) is 0.619. The van der Waals surface area contributed by atoms with Crippen molar-refractivity contribution in [2.24, 2.45) is 4.99 Å². The van der Waals surface area contributed by atoms with Crippen LogP contribution in [0.4, 0.5) is 5.69 Å². The van der Waals surface area contributed by atoms with Crippen LogP contribution in [0.1, 0.15) is 33.1 Å². The summed E-state index contributed by atoms with van der Waals surface area (Å²) in [5.41, 5.74) is 1.09. The minimum absolute atomic E-state index is 0.166. The van der Waals surface area contributed by atoms with Crippen LogP contribution < -0.4 is 25.0 Å². The topological polar surface area (TPSA) is 84.4 Å². The second-order valence-electron chi connectivity index (χ2n) is 6.82. The van der Waals surface area contributed by atoms with Crippen LogP contribution in [0, 0.1) is 0 Å². The van der Waals surface area contributed by atoms with Gasteiger partial charge in [0.15, 0.2) is 5.96 Å². The highest BCUT2D eigenvalue weighted by Gasteiger charge is 2.24. The number of nitrogens with zero attached hydrogens (tertiary/aromatic N) is 2. The number of carbonyl (C=O) groups excluding carboxylic acids is 1. The minimum Gasteiger partial charge on any atom is -0.497 e. The maximum atomic E-state index is 11.4. The average Bonchev–Trinajstić information content (AvgIpc) is 3.19. The number of rotatable bonds is 10. The van der Waals surface area contributed by atoms with E-state index < -0.39 is 0 Å².